The summed E-state index contributed by atoms with van der Waals surface area (Å²) in [4.78, 5) is 4.55. The third-order valence-corrected chi connectivity index (χ3v) is 4.92. The fourth-order valence-corrected chi connectivity index (χ4v) is 3.93. The molecule has 102 valence electrons. The summed E-state index contributed by atoms with van der Waals surface area (Å²) in [7, 11) is -2.94. The Hall–Kier alpha value is -1.11. The Morgan fingerprint density at radius 3 is 2.74 bits per heavy atom. The average molecular weight is 296 g/mol. The first-order valence-corrected chi connectivity index (χ1v) is 8.93. The number of hydrogen-bond acceptors (Lipinski definition) is 5. The maximum absolute atomic E-state index is 11.1. The number of sulfone groups is 1. The Kier molecular flexibility index (Phi) is 4.44. The Morgan fingerprint density at radius 1 is 1.32 bits per heavy atom. The number of pyridine rings is 1. The molecule has 0 amide bonds. The number of thioether (sulfide) groups is 1. The molecule has 0 unspecified atom stereocenters. The van der Waals surface area contributed by atoms with E-state index in [1.165, 1.54) is 18.0 Å². The maximum Gasteiger partial charge on any atom is 0.148 e. The zero-order valence-corrected chi connectivity index (χ0v) is 12.3. The molecule has 1 aromatic carbocycles. The summed E-state index contributed by atoms with van der Waals surface area (Å²) in [6.07, 6.45) is 1.24. The highest BCUT2D eigenvalue weighted by atomic mass is 32.2. The molecule has 0 aliphatic rings. The van der Waals surface area contributed by atoms with Crippen LogP contribution < -0.4 is 5.73 Å². The summed E-state index contributed by atoms with van der Waals surface area (Å²) >= 11 is 1.44. The van der Waals surface area contributed by atoms with Crippen molar-refractivity contribution in [3.63, 3.8) is 0 Å². The van der Waals surface area contributed by atoms with Crippen LogP contribution in [0.15, 0.2) is 35.4 Å². The second kappa shape index (κ2) is 5.90. The van der Waals surface area contributed by atoms with E-state index in [0.717, 1.165) is 21.5 Å². The number of rotatable bonds is 5. The van der Waals surface area contributed by atoms with Crippen LogP contribution in [0.1, 0.15) is 5.56 Å². The molecule has 4 nitrogen and oxygen atoms in total. The highest BCUT2D eigenvalue weighted by Gasteiger charge is 2.08. The summed E-state index contributed by atoms with van der Waals surface area (Å²) in [5, 5.41) is 1.88. The standard InChI is InChI=1S/C13H16N2O2S2/c1-19(16,17)7-6-18-13-11(9-14)8-10-4-2-3-5-12(10)15-13/h2-5,8H,6-7,9,14H2,1H3. The molecule has 0 bridgehead atoms. The molecule has 0 atom stereocenters. The Bertz CT molecular complexity index is 684. The minimum absolute atomic E-state index is 0.149. The van der Waals surface area contributed by atoms with E-state index >= 15 is 0 Å². The topological polar surface area (TPSA) is 73.0 Å². The van der Waals surface area contributed by atoms with Gasteiger partial charge in [0.1, 0.15) is 14.9 Å². The Balaban J connectivity index is 2.26. The van der Waals surface area contributed by atoms with Crippen molar-refractivity contribution in [3.05, 3.63) is 35.9 Å². The number of para-hydroxylation sites is 1. The van der Waals surface area contributed by atoms with Gasteiger partial charge in [-0.1, -0.05) is 18.2 Å². The van der Waals surface area contributed by atoms with E-state index < -0.39 is 9.84 Å². The van der Waals surface area contributed by atoms with Gasteiger partial charge >= 0.3 is 0 Å². The zero-order valence-electron chi connectivity index (χ0n) is 10.7. The SMILES string of the molecule is CS(=O)(=O)CCSc1nc2ccccc2cc1CN. The van der Waals surface area contributed by atoms with Crippen molar-refractivity contribution in [3.8, 4) is 0 Å². The van der Waals surface area contributed by atoms with Gasteiger partial charge in [-0.05, 0) is 17.7 Å². The molecule has 0 aliphatic carbocycles. The van der Waals surface area contributed by atoms with Crippen molar-refractivity contribution in [2.45, 2.75) is 11.6 Å². The molecule has 2 aromatic rings. The van der Waals surface area contributed by atoms with Crippen molar-refractivity contribution < 1.29 is 8.42 Å². The quantitative estimate of drug-likeness (QED) is 0.852. The minimum Gasteiger partial charge on any atom is -0.326 e. The number of hydrogen-bond donors (Lipinski definition) is 1. The molecule has 1 aromatic heterocycles. The molecule has 2 rings (SSSR count). The Labute approximate surface area is 117 Å². The third-order valence-electron chi connectivity index (χ3n) is 2.68. The van der Waals surface area contributed by atoms with Gasteiger partial charge in [-0.2, -0.15) is 0 Å². The van der Waals surface area contributed by atoms with Crippen LogP contribution in [0.5, 0.6) is 0 Å². The fourth-order valence-electron chi connectivity index (χ4n) is 1.70. The van der Waals surface area contributed by atoms with Gasteiger partial charge in [0, 0.05) is 23.9 Å². The maximum atomic E-state index is 11.1. The molecule has 1 heterocycles. The van der Waals surface area contributed by atoms with E-state index in [0.29, 0.717) is 12.3 Å². The van der Waals surface area contributed by atoms with E-state index in [1.807, 2.05) is 30.3 Å². The van der Waals surface area contributed by atoms with Gasteiger partial charge in [0.2, 0.25) is 0 Å². The molecular formula is C13H16N2O2S2. The van der Waals surface area contributed by atoms with Gasteiger partial charge in [-0.25, -0.2) is 13.4 Å². The molecular weight excluding hydrogens is 280 g/mol. The monoisotopic (exact) mass is 296 g/mol. The smallest absolute Gasteiger partial charge is 0.148 e. The lowest BCUT2D eigenvalue weighted by Crippen LogP contribution is -2.06. The molecule has 0 spiro atoms. The van der Waals surface area contributed by atoms with Gasteiger partial charge in [-0.3, -0.25) is 0 Å². The third kappa shape index (κ3) is 3.92. The van der Waals surface area contributed by atoms with Crippen LogP contribution >= 0.6 is 11.8 Å². The first kappa shape index (κ1) is 14.3. The Morgan fingerprint density at radius 2 is 2.05 bits per heavy atom. The van der Waals surface area contributed by atoms with Crippen molar-refractivity contribution in [2.24, 2.45) is 5.73 Å². The second-order valence-electron chi connectivity index (χ2n) is 4.33. The highest BCUT2D eigenvalue weighted by Crippen LogP contribution is 2.24. The molecule has 0 saturated heterocycles. The molecule has 0 radical (unpaired) electrons. The van der Waals surface area contributed by atoms with E-state index in [-0.39, 0.29) is 5.75 Å². The minimum atomic E-state index is -2.94. The van der Waals surface area contributed by atoms with Crippen LogP contribution in [0.25, 0.3) is 10.9 Å². The van der Waals surface area contributed by atoms with Gasteiger partial charge in [0.25, 0.3) is 0 Å². The lowest BCUT2D eigenvalue weighted by molar-refractivity contribution is 0.603. The van der Waals surface area contributed by atoms with Crippen LogP contribution in [-0.4, -0.2) is 31.2 Å². The predicted molar refractivity (Wildman–Crippen MR) is 80.1 cm³/mol. The molecule has 0 aliphatic heterocycles. The van der Waals surface area contributed by atoms with Gasteiger partial charge in [-0.15, -0.1) is 11.8 Å². The average Bonchev–Trinajstić information content (AvgIpc) is 2.36. The molecule has 0 fully saturated rings. The van der Waals surface area contributed by atoms with Gasteiger partial charge in [0.05, 0.1) is 11.3 Å². The number of benzene rings is 1. The largest absolute Gasteiger partial charge is 0.326 e. The first-order valence-electron chi connectivity index (χ1n) is 5.89. The summed E-state index contributed by atoms with van der Waals surface area (Å²) < 4.78 is 22.3. The fraction of sp³-hybridized carbons (Fsp3) is 0.308. The number of nitrogens with zero attached hydrogens (tertiary/aromatic N) is 1. The van der Waals surface area contributed by atoms with Gasteiger partial charge < -0.3 is 5.73 Å². The van der Waals surface area contributed by atoms with E-state index in [4.69, 9.17) is 5.73 Å². The van der Waals surface area contributed by atoms with Crippen molar-refractivity contribution in [1.29, 1.82) is 0 Å². The molecule has 0 saturated carbocycles. The predicted octanol–water partition coefficient (Wildman–Crippen LogP) is 1.83. The first-order chi connectivity index (χ1) is 8.99. The second-order valence-corrected chi connectivity index (χ2v) is 7.67. The summed E-state index contributed by atoms with van der Waals surface area (Å²) in [5.74, 6) is 0.646. The van der Waals surface area contributed by atoms with Crippen LogP contribution in [0.4, 0.5) is 0 Å². The van der Waals surface area contributed by atoms with Crippen molar-refractivity contribution >= 4 is 32.5 Å². The van der Waals surface area contributed by atoms with Crippen LogP contribution in [0.3, 0.4) is 0 Å². The highest BCUT2D eigenvalue weighted by molar-refractivity contribution is 8.00. The van der Waals surface area contributed by atoms with E-state index in [2.05, 4.69) is 4.98 Å². The van der Waals surface area contributed by atoms with Crippen LogP contribution in [-0.2, 0) is 16.4 Å². The molecule has 2 N–H and O–H groups in total. The van der Waals surface area contributed by atoms with Gasteiger partial charge in [0.15, 0.2) is 0 Å². The van der Waals surface area contributed by atoms with Crippen LogP contribution in [0.2, 0.25) is 0 Å². The molecule has 19 heavy (non-hydrogen) atoms. The summed E-state index contributed by atoms with van der Waals surface area (Å²) in [6, 6.07) is 9.84. The number of aromatic nitrogens is 1. The van der Waals surface area contributed by atoms with Crippen LogP contribution in [0, 0.1) is 0 Å². The molecule has 6 heteroatoms. The lowest BCUT2D eigenvalue weighted by Gasteiger charge is -2.08. The summed E-state index contributed by atoms with van der Waals surface area (Å²) in [5.41, 5.74) is 7.59. The van der Waals surface area contributed by atoms with Crippen molar-refractivity contribution in [2.75, 3.05) is 17.8 Å². The summed E-state index contributed by atoms with van der Waals surface area (Å²) in [6.45, 7) is 0.402. The normalized spacial score (nSPS) is 11.9. The number of nitrogens with two attached hydrogens (primary N) is 1. The lowest BCUT2D eigenvalue weighted by atomic mass is 10.1. The number of fused-ring (bicyclic) bond motifs is 1. The van der Waals surface area contributed by atoms with Crippen molar-refractivity contribution in [1.82, 2.24) is 4.98 Å². The van der Waals surface area contributed by atoms with E-state index in [1.54, 1.807) is 0 Å². The van der Waals surface area contributed by atoms with E-state index in [9.17, 15) is 8.42 Å². The zero-order chi connectivity index (χ0) is 13.9.